The van der Waals surface area contributed by atoms with Crippen molar-refractivity contribution < 1.29 is 25.2 Å². The molecule has 0 amide bonds. The number of nitrogens with zero attached hydrogens (tertiary/aromatic N) is 1. The summed E-state index contributed by atoms with van der Waals surface area (Å²) in [5.74, 6) is 0. The van der Waals surface area contributed by atoms with Gasteiger partial charge in [-0.2, -0.15) is 0 Å². The zero-order valence-corrected chi connectivity index (χ0v) is 19.0. The van der Waals surface area contributed by atoms with Crippen LogP contribution in [-0.4, -0.2) is 13.1 Å². The summed E-state index contributed by atoms with van der Waals surface area (Å²) >= 11 is 3.88. The van der Waals surface area contributed by atoms with Gasteiger partial charge >= 0.3 is 33.0 Å². The second kappa shape index (κ2) is 8.64. The molecular weight excluding hydrogens is 467 g/mol. The predicted molar refractivity (Wildman–Crippen MR) is 125 cm³/mol. The van der Waals surface area contributed by atoms with E-state index in [1.54, 1.807) is 0 Å². The Morgan fingerprint density at radius 2 is 1.03 bits per heavy atom. The molecule has 1 aliphatic rings. The molecule has 9 heteroatoms. The first-order valence-electron chi connectivity index (χ1n) is 10.1. The van der Waals surface area contributed by atoms with E-state index < -0.39 is 7.81 Å². The van der Waals surface area contributed by atoms with Crippen LogP contribution < -0.4 is 4.90 Å². The van der Waals surface area contributed by atoms with Crippen LogP contribution in [0, 0.1) is 0 Å². The van der Waals surface area contributed by atoms with E-state index in [1.807, 2.05) is 0 Å². The minimum Gasteiger partial charge on any atom is -0.371 e. The molecule has 0 N–H and O–H groups in total. The first kappa shape index (κ1) is 24.5. The van der Waals surface area contributed by atoms with Crippen molar-refractivity contribution in [3.8, 4) is 22.3 Å². The average Bonchev–Trinajstić information content (AvgIpc) is 2.73. The van der Waals surface area contributed by atoms with Crippen LogP contribution in [0.15, 0.2) is 77.7 Å². The summed E-state index contributed by atoms with van der Waals surface area (Å²) in [7, 11) is -10.7. The number of hydrogen-bond acceptors (Lipinski definition) is 1. The van der Waals surface area contributed by atoms with Gasteiger partial charge in [0, 0.05) is 29.9 Å². The summed E-state index contributed by atoms with van der Waals surface area (Å²) in [6.07, 6.45) is 3.91. The molecule has 1 nitrogen and oxygen atoms in total. The zero-order valence-electron chi connectivity index (χ0n) is 17.1. The first-order valence-corrected chi connectivity index (χ1v) is 12.6. The van der Waals surface area contributed by atoms with Crippen molar-refractivity contribution in [2.24, 2.45) is 0 Å². The molecule has 1 aliphatic heterocycles. The Morgan fingerprint density at radius 1 is 0.594 bits per heavy atom. The van der Waals surface area contributed by atoms with Gasteiger partial charge in [-0.1, -0.05) is 60.7 Å². The molecule has 1 heterocycles. The predicted octanol–water partition coefficient (Wildman–Crippen LogP) is 8.76. The first-order chi connectivity index (χ1) is 14.8. The second-order valence-corrected chi connectivity index (χ2v) is 10.1. The van der Waals surface area contributed by atoms with E-state index in [1.165, 1.54) is 47.2 Å². The Kier molecular flexibility index (Phi) is 6.60. The zero-order chi connectivity index (χ0) is 23.5. The SMILES string of the molecule is F[P-](F)(F)(F)(F)F.[SH2+]c1ccc(N2CCCCC2)c(-c2ccccc2)c1-c1ccccc1. The van der Waals surface area contributed by atoms with Crippen LogP contribution in [0.25, 0.3) is 22.3 Å². The topological polar surface area (TPSA) is 3.24 Å². The molecule has 174 valence electrons. The van der Waals surface area contributed by atoms with Crippen molar-refractivity contribution in [3.05, 3.63) is 72.8 Å². The van der Waals surface area contributed by atoms with Crippen molar-refractivity contribution in [2.75, 3.05) is 18.0 Å². The van der Waals surface area contributed by atoms with Crippen LogP contribution in [0.4, 0.5) is 30.9 Å². The summed E-state index contributed by atoms with van der Waals surface area (Å²) in [5.41, 5.74) is 6.51. The molecule has 0 unspecified atom stereocenters. The molecule has 3 aromatic rings. The molecule has 32 heavy (non-hydrogen) atoms. The van der Waals surface area contributed by atoms with Gasteiger partial charge in [-0.05, 0) is 55.2 Å². The molecule has 1 fully saturated rings. The van der Waals surface area contributed by atoms with Gasteiger partial charge < -0.3 is 4.90 Å². The van der Waals surface area contributed by atoms with Crippen molar-refractivity contribution in [3.63, 3.8) is 0 Å². The number of anilines is 1. The normalized spacial score (nSPS) is 16.4. The van der Waals surface area contributed by atoms with Gasteiger partial charge in [-0.25, -0.2) is 0 Å². The summed E-state index contributed by atoms with van der Waals surface area (Å²) in [5, 5.41) is 0. The Morgan fingerprint density at radius 3 is 1.50 bits per heavy atom. The van der Waals surface area contributed by atoms with E-state index in [0.717, 1.165) is 18.0 Å². The summed E-state index contributed by atoms with van der Waals surface area (Å²) in [6.45, 7) is 2.30. The smallest absolute Gasteiger partial charge is 0.158 e. The quantitative estimate of drug-likeness (QED) is 0.201. The van der Waals surface area contributed by atoms with Crippen LogP contribution in [0.1, 0.15) is 19.3 Å². The second-order valence-electron chi connectivity index (χ2n) is 7.62. The Balaban J connectivity index is 0.000000360. The Bertz CT molecular complexity index is 1040. The number of halogens is 6. The molecule has 3 aromatic carbocycles. The third-order valence-corrected chi connectivity index (χ3v) is 5.42. The summed E-state index contributed by atoms with van der Waals surface area (Å²) in [6, 6.07) is 26.0. The van der Waals surface area contributed by atoms with Crippen molar-refractivity contribution in [1.29, 1.82) is 0 Å². The van der Waals surface area contributed by atoms with Gasteiger partial charge in [-0.3, -0.25) is 0 Å². The number of rotatable bonds is 3. The maximum absolute atomic E-state index is 10.7. The van der Waals surface area contributed by atoms with Gasteiger partial charge in [0.25, 0.3) is 0 Å². The van der Waals surface area contributed by atoms with Crippen molar-refractivity contribution in [2.45, 2.75) is 24.2 Å². The summed E-state index contributed by atoms with van der Waals surface area (Å²) < 4.78 is 59.2. The molecule has 0 radical (unpaired) electrons. The largest absolute Gasteiger partial charge is 0.371 e. The molecule has 0 atom stereocenters. The van der Waals surface area contributed by atoms with Gasteiger partial charge in [0.2, 0.25) is 0 Å². The van der Waals surface area contributed by atoms with Crippen molar-refractivity contribution in [1.82, 2.24) is 0 Å². The minimum absolute atomic E-state index is 1.14. The fourth-order valence-corrected chi connectivity index (χ4v) is 4.14. The Labute approximate surface area is 188 Å². The van der Waals surface area contributed by atoms with Crippen LogP contribution in [-0.2, 0) is 12.6 Å². The van der Waals surface area contributed by atoms with E-state index in [0.29, 0.717) is 0 Å². The van der Waals surface area contributed by atoms with Gasteiger partial charge in [-0.15, -0.1) is 0 Å². The monoisotopic (exact) mass is 491 g/mol. The van der Waals surface area contributed by atoms with Crippen LogP contribution >= 0.6 is 7.81 Å². The molecule has 0 spiro atoms. The number of hydrogen-bond donors (Lipinski definition) is 0. The Hall–Kier alpha value is -2.18. The molecule has 0 saturated carbocycles. The molecule has 0 bridgehead atoms. The third kappa shape index (κ3) is 7.75. The molecule has 4 rings (SSSR count). The van der Waals surface area contributed by atoms with Crippen molar-refractivity contribution >= 4 is 26.1 Å². The van der Waals surface area contributed by atoms with Crippen LogP contribution in [0.5, 0.6) is 0 Å². The number of benzene rings is 3. The maximum Gasteiger partial charge on any atom is 0.158 e. The molecule has 1 saturated heterocycles. The van der Waals surface area contributed by atoms with E-state index >= 15 is 0 Å². The molecule has 0 aliphatic carbocycles. The average molecular weight is 491 g/mol. The fraction of sp³-hybridized carbons (Fsp3) is 0.217. The third-order valence-electron chi connectivity index (χ3n) is 5.01. The van der Waals surface area contributed by atoms with Crippen LogP contribution in [0.3, 0.4) is 0 Å². The van der Waals surface area contributed by atoms with Gasteiger partial charge in [0.1, 0.15) is 0 Å². The van der Waals surface area contributed by atoms with Gasteiger partial charge in [0.05, 0.1) is 0 Å². The van der Waals surface area contributed by atoms with Crippen LogP contribution in [0.2, 0.25) is 0 Å². The minimum atomic E-state index is -10.7. The van der Waals surface area contributed by atoms with E-state index in [2.05, 4.69) is 90.3 Å². The number of piperidine rings is 1. The molecule has 0 aromatic heterocycles. The van der Waals surface area contributed by atoms with E-state index in [-0.39, 0.29) is 0 Å². The molecular formula is C23H24F6NPS. The summed E-state index contributed by atoms with van der Waals surface area (Å²) in [4.78, 5) is 3.70. The standard InChI is InChI=1S/C23H23NS.F6P/c25-21-15-14-20(24-16-8-3-9-17-24)22(18-10-4-1-5-11-18)23(21)19-12-6-2-7-13-19;1-7(2,3,4,5)6/h1-2,4-7,10-15,25H,3,8-9,16-17H2;/q;-1/p+1. The fourth-order valence-electron chi connectivity index (χ4n) is 3.79. The van der Waals surface area contributed by atoms with E-state index in [4.69, 9.17) is 0 Å². The van der Waals surface area contributed by atoms with Gasteiger partial charge in [0.15, 0.2) is 4.90 Å². The maximum atomic E-state index is 9.87. The van der Waals surface area contributed by atoms with E-state index in [9.17, 15) is 25.2 Å².